The summed E-state index contributed by atoms with van der Waals surface area (Å²) >= 11 is 0. The van der Waals surface area contributed by atoms with E-state index >= 15 is 0 Å². The molecule has 1 saturated heterocycles. The minimum atomic E-state index is 0.118. The van der Waals surface area contributed by atoms with E-state index < -0.39 is 0 Å². The smallest absolute Gasteiger partial charge is 0.211 e. The first kappa shape index (κ1) is 10.8. The van der Waals surface area contributed by atoms with Crippen molar-refractivity contribution in [3.05, 3.63) is 11.8 Å². The standard InChI is InChI=1S/C11H12N6O/c12-4-7-3-8-9(18-16-10(8)14)11(15-7)17-2-1-6(13)5-17/h3,6H,1-2,5,13H2,(H2,14,16). The summed E-state index contributed by atoms with van der Waals surface area (Å²) in [4.78, 5) is 6.27. The molecule has 0 spiro atoms. The molecule has 1 aliphatic heterocycles. The Labute approximate surface area is 103 Å². The highest BCUT2D eigenvalue weighted by Gasteiger charge is 2.25. The fourth-order valence-electron chi connectivity index (χ4n) is 2.20. The number of rotatable bonds is 1. The zero-order chi connectivity index (χ0) is 12.7. The number of anilines is 2. The van der Waals surface area contributed by atoms with E-state index in [1.54, 1.807) is 6.07 Å². The molecule has 7 heteroatoms. The number of hydrogen-bond acceptors (Lipinski definition) is 7. The summed E-state index contributed by atoms with van der Waals surface area (Å²) in [5, 5.41) is 13.3. The van der Waals surface area contributed by atoms with E-state index in [1.165, 1.54) is 0 Å². The number of fused-ring (bicyclic) bond motifs is 1. The van der Waals surface area contributed by atoms with Gasteiger partial charge in [-0.25, -0.2) is 4.98 Å². The predicted molar refractivity (Wildman–Crippen MR) is 65.7 cm³/mol. The number of nitriles is 1. The molecule has 0 aromatic carbocycles. The van der Waals surface area contributed by atoms with Crippen LogP contribution >= 0.6 is 0 Å². The Morgan fingerprint density at radius 2 is 2.39 bits per heavy atom. The quantitative estimate of drug-likeness (QED) is 0.736. The maximum atomic E-state index is 9.00. The van der Waals surface area contributed by atoms with Crippen molar-refractivity contribution < 1.29 is 4.52 Å². The van der Waals surface area contributed by atoms with Crippen LogP contribution in [0.15, 0.2) is 10.6 Å². The van der Waals surface area contributed by atoms with Crippen LogP contribution in [-0.4, -0.2) is 29.3 Å². The largest absolute Gasteiger partial charge is 0.380 e. The highest BCUT2D eigenvalue weighted by atomic mass is 16.5. The van der Waals surface area contributed by atoms with Gasteiger partial charge < -0.3 is 20.9 Å². The zero-order valence-electron chi connectivity index (χ0n) is 9.63. The van der Waals surface area contributed by atoms with Crippen LogP contribution in [0.4, 0.5) is 11.6 Å². The number of aromatic nitrogens is 2. The van der Waals surface area contributed by atoms with Gasteiger partial charge in [-0.2, -0.15) is 5.26 Å². The summed E-state index contributed by atoms with van der Waals surface area (Å²) in [5.41, 5.74) is 12.4. The third kappa shape index (κ3) is 1.55. The lowest BCUT2D eigenvalue weighted by molar-refractivity contribution is 0.459. The first-order valence-corrected chi connectivity index (χ1v) is 5.65. The zero-order valence-corrected chi connectivity index (χ0v) is 9.63. The minimum absolute atomic E-state index is 0.118. The molecule has 0 radical (unpaired) electrons. The second kappa shape index (κ2) is 3.85. The molecule has 0 bridgehead atoms. The Morgan fingerprint density at radius 1 is 1.56 bits per heavy atom. The van der Waals surface area contributed by atoms with Crippen LogP contribution in [0.1, 0.15) is 12.1 Å². The van der Waals surface area contributed by atoms with Crippen molar-refractivity contribution in [2.75, 3.05) is 23.7 Å². The van der Waals surface area contributed by atoms with Gasteiger partial charge in [0, 0.05) is 19.1 Å². The second-order valence-corrected chi connectivity index (χ2v) is 4.38. The molecule has 0 amide bonds. The summed E-state index contributed by atoms with van der Waals surface area (Å²) in [5.74, 6) is 0.870. The first-order valence-electron chi connectivity index (χ1n) is 5.65. The topological polar surface area (TPSA) is 118 Å². The van der Waals surface area contributed by atoms with Gasteiger partial charge in [0.15, 0.2) is 11.6 Å². The van der Waals surface area contributed by atoms with Gasteiger partial charge in [0.25, 0.3) is 0 Å². The Morgan fingerprint density at radius 3 is 3.06 bits per heavy atom. The van der Waals surface area contributed by atoms with E-state index in [2.05, 4.69) is 10.1 Å². The Bertz CT molecular complexity index is 643. The van der Waals surface area contributed by atoms with Crippen LogP contribution in [0.25, 0.3) is 11.0 Å². The van der Waals surface area contributed by atoms with Crippen LogP contribution in [0.3, 0.4) is 0 Å². The fraction of sp³-hybridized carbons (Fsp3) is 0.364. The number of nitrogens with zero attached hydrogens (tertiary/aromatic N) is 4. The molecule has 3 rings (SSSR count). The van der Waals surface area contributed by atoms with Crippen molar-refractivity contribution >= 4 is 22.6 Å². The molecule has 1 unspecified atom stereocenters. The van der Waals surface area contributed by atoms with Gasteiger partial charge in [0.05, 0.1) is 5.39 Å². The first-order chi connectivity index (χ1) is 8.69. The predicted octanol–water partition coefficient (Wildman–Crippen LogP) is 0.214. The number of nitrogens with two attached hydrogens (primary N) is 2. The van der Waals surface area contributed by atoms with Crippen LogP contribution < -0.4 is 16.4 Å². The summed E-state index contributed by atoms with van der Waals surface area (Å²) < 4.78 is 5.20. The van der Waals surface area contributed by atoms with Crippen LogP contribution in [0, 0.1) is 11.3 Å². The lowest BCUT2D eigenvalue weighted by Crippen LogP contribution is -2.27. The highest BCUT2D eigenvalue weighted by molar-refractivity contribution is 5.94. The van der Waals surface area contributed by atoms with E-state index in [-0.39, 0.29) is 11.9 Å². The molecular formula is C11H12N6O. The van der Waals surface area contributed by atoms with Crippen molar-refractivity contribution in [3.63, 3.8) is 0 Å². The molecule has 0 aliphatic carbocycles. The number of nitrogen functional groups attached to an aromatic ring is 1. The molecule has 1 fully saturated rings. The molecule has 3 heterocycles. The van der Waals surface area contributed by atoms with Crippen LogP contribution in [0.5, 0.6) is 0 Å². The van der Waals surface area contributed by atoms with Crippen molar-refractivity contribution in [1.82, 2.24) is 10.1 Å². The van der Waals surface area contributed by atoms with Crippen LogP contribution in [-0.2, 0) is 0 Å². The number of hydrogen-bond donors (Lipinski definition) is 2. The molecule has 1 atom stereocenters. The Kier molecular flexibility index (Phi) is 2.31. The van der Waals surface area contributed by atoms with E-state index in [0.29, 0.717) is 29.0 Å². The summed E-state index contributed by atoms with van der Waals surface area (Å²) in [7, 11) is 0. The van der Waals surface area contributed by atoms with E-state index in [1.807, 2.05) is 11.0 Å². The van der Waals surface area contributed by atoms with Crippen LogP contribution in [0.2, 0.25) is 0 Å². The van der Waals surface area contributed by atoms with Gasteiger partial charge in [-0.3, -0.25) is 0 Å². The molecular weight excluding hydrogens is 232 g/mol. The summed E-state index contributed by atoms with van der Waals surface area (Å²) in [6.07, 6.45) is 0.892. The normalized spacial score (nSPS) is 19.3. The minimum Gasteiger partial charge on any atom is -0.380 e. The van der Waals surface area contributed by atoms with Gasteiger partial charge >= 0.3 is 0 Å². The van der Waals surface area contributed by atoms with Crippen molar-refractivity contribution in [3.8, 4) is 6.07 Å². The number of pyridine rings is 1. The SMILES string of the molecule is N#Cc1cc2c(N)noc2c(N2CCC(N)C2)n1. The van der Waals surface area contributed by atoms with Crippen molar-refractivity contribution in [2.45, 2.75) is 12.5 Å². The monoisotopic (exact) mass is 244 g/mol. The van der Waals surface area contributed by atoms with E-state index in [9.17, 15) is 0 Å². The average Bonchev–Trinajstić information content (AvgIpc) is 2.96. The molecule has 92 valence electrons. The summed E-state index contributed by atoms with van der Waals surface area (Å²) in [6.45, 7) is 1.48. The van der Waals surface area contributed by atoms with Gasteiger partial charge in [0.1, 0.15) is 11.8 Å². The fourth-order valence-corrected chi connectivity index (χ4v) is 2.20. The molecule has 7 nitrogen and oxygen atoms in total. The highest BCUT2D eigenvalue weighted by Crippen LogP contribution is 2.30. The molecule has 4 N–H and O–H groups in total. The average molecular weight is 244 g/mol. The third-order valence-electron chi connectivity index (χ3n) is 3.11. The lowest BCUT2D eigenvalue weighted by atomic mass is 10.2. The molecule has 18 heavy (non-hydrogen) atoms. The summed E-state index contributed by atoms with van der Waals surface area (Å²) in [6, 6.07) is 3.72. The molecule has 0 saturated carbocycles. The van der Waals surface area contributed by atoms with Gasteiger partial charge in [-0.15, -0.1) is 0 Å². The maximum Gasteiger partial charge on any atom is 0.211 e. The maximum absolute atomic E-state index is 9.00. The lowest BCUT2D eigenvalue weighted by Gasteiger charge is -2.16. The molecule has 2 aromatic heterocycles. The van der Waals surface area contributed by atoms with E-state index in [4.69, 9.17) is 21.3 Å². The van der Waals surface area contributed by atoms with Crippen molar-refractivity contribution in [2.24, 2.45) is 5.73 Å². The van der Waals surface area contributed by atoms with Crippen molar-refractivity contribution in [1.29, 1.82) is 5.26 Å². The Balaban J connectivity index is 2.18. The molecule has 1 aliphatic rings. The molecule has 2 aromatic rings. The third-order valence-corrected chi connectivity index (χ3v) is 3.11. The van der Waals surface area contributed by atoms with Gasteiger partial charge in [0.2, 0.25) is 5.58 Å². The van der Waals surface area contributed by atoms with Gasteiger partial charge in [-0.05, 0) is 12.5 Å². The van der Waals surface area contributed by atoms with Gasteiger partial charge in [-0.1, -0.05) is 5.16 Å². The Hall–Kier alpha value is -2.33. The second-order valence-electron chi connectivity index (χ2n) is 4.38. The van der Waals surface area contributed by atoms with E-state index in [0.717, 1.165) is 13.0 Å².